The summed E-state index contributed by atoms with van der Waals surface area (Å²) >= 11 is 0. The maximum absolute atomic E-state index is 13.4. The molecule has 0 bridgehead atoms. The van der Waals surface area contributed by atoms with Crippen LogP contribution in [0.3, 0.4) is 0 Å². The van der Waals surface area contributed by atoms with Crippen LogP contribution in [-0.4, -0.2) is 18.2 Å². The number of carbonyl (C=O) groups is 1. The van der Waals surface area contributed by atoms with E-state index in [2.05, 4.69) is 0 Å². The highest BCUT2D eigenvalue weighted by Gasteiger charge is 2.12. The SMILES string of the molecule is COc1ccc2cc(C(C)=C(F)C(=O)O)ccc2c1. The molecule has 0 unspecified atom stereocenters. The number of benzene rings is 2. The summed E-state index contributed by atoms with van der Waals surface area (Å²) in [7, 11) is 1.59. The van der Waals surface area contributed by atoms with E-state index in [9.17, 15) is 9.18 Å². The Morgan fingerprint density at radius 3 is 2.42 bits per heavy atom. The standard InChI is InChI=1S/C15H13FO3/c1-9(14(16)15(17)18)10-3-4-12-8-13(19-2)6-5-11(12)7-10/h3-8H,1-2H3,(H,17,18). The minimum atomic E-state index is -1.55. The van der Waals surface area contributed by atoms with Gasteiger partial charge in [-0.2, -0.15) is 4.39 Å². The van der Waals surface area contributed by atoms with Crippen LogP contribution in [0.5, 0.6) is 5.75 Å². The van der Waals surface area contributed by atoms with E-state index in [4.69, 9.17) is 9.84 Å². The van der Waals surface area contributed by atoms with Gasteiger partial charge in [0.05, 0.1) is 7.11 Å². The molecule has 0 heterocycles. The second-order valence-electron chi connectivity index (χ2n) is 4.17. The summed E-state index contributed by atoms with van der Waals surface area (Å²) < 4.78 is 18.5. The van der Waals surface area contributed by atoms with Crippen LogP contribution in [0.15, 0.2) is 42.2 Å². The number of ether oxygens (including phenoxy) is 1. The fourth-order valence-corrected chi connectivity index (χ4v) is 1.87. The van der Waals surface area contributed by atoms with Gasteiger partial charge in [-0.3, -0.25) is 0 Å². The lowest BCUT2D eigenvalue weighted by Gasteiger charge is -2.06. The molecule has 98 valence electrons. The molecule has 2 aromatic carbocycles. The lowest BCUT2D eigenvalue weighted by molar-refractivity contribution is -0.134. The van der Waals surface area contributed by atoms with E-state index in [0.29, 0.717) is 5.56 Å². The molecule has 19 heavy (non-hydrogen) atoms. The van der Waals surface area contributed by atoms with Crippen molar-refractivity contribution in [1.29, 1.82) is 0 Å². The number of hydrogen-bond acceptors (Lipinski definition) is 2. The van der Waals surface area contributed by atoms with Crippen molar-refractivity contribution in [3.05, 3.63) is 47.8 Å². The van der Waals surface area contributed by atoms with E-state index in [0.717, 1.165) is 16.5 Å². The molecule has 0 saturated carbocycles. The monoisotopic (exact) mass is 260 g/mol. The zero-order valence-electron chi connectivity index (χ0n) is 10.6. The molecule has 1 N–H and O–H groups in total. The first-order valence-corrected chi connectivity index (χ1v) is 5.71. The van der Waals surface area contributed by atoms with Crippen molar-refractivity contribution >= 4 is 22.3 Å². The van der Waals surface area contributed by atoms with Gasteiger partial charge < -0.3 is 9.84 Å². The van der Waals surface area contributed by atoms with Gasteiger partial charge in [0, 0.05) is 0 Å². The number of hydrogen-bond donors (Lipinski definition) is 1. The summed E-state index contributed by atoms with van der Waals surface area (Å²) in [4.78, 5) is 10.6. The Balaban J connectivity index is 2.54. The van der Waals surface area contributed by atoms with Gasteiger partial charge in [0.2, 0.25) is 5.83 Å². The Kier molecular flexibility index (Phi) is 3.51. The molecular weight excluding hydrogens is 247 g/mol. The molecule has 0 aliphatic heterocycles. The predicted molar refractivity (Wildman–Crippen MR) is 71.8 cm³/mol. The third-order valence-electron chi connectivity index (χ3n) is 3.00. The van der Waals surface area contributed by atoms with Crippen LogP contribution in [0.25, 0.3) is 16.3 Å². The molecule has 0 radical (unpaired) electrons. The van der Waals surface area contributed by atoms with Crippen molar-refractivity contribution in [3.8, 4) is 5.75 Å². The first kappa shape index (κ1) is 13.1. The topological polar surface area (TPSA) is 46.5 Å². The zero-order valence-corrected chi connectivity index (χ0v) is 10.6. The summed E-state index contributed by atoms with van der Waals surface area (Å²) in [6.45, 7) is 1.45. The first-order valence-electron chi connectivity index (χ1n) is 5.71. The minimum absolute atomic E-state index is 0.116. The average molecular weight is 260 g/mol. The number of halogens is 1. The number of carboxylic acid groups (broad SMARTS) is 1. The number of rotatable bonds is 3. The molecule has 3 nitrogen and oxygen atoms in total. The van der Waals surface area contributed by atoms with E-state index in [1.165, 1.54) is 6.92 Å². The Bertz CT molecular complexity index is 674. The predicted octanol–water partition coefficient (Wildman–Crippen LogP) is 3.63. The summed E-state index contributed by atoms with van der Waals surface area (Å²) in [6.07, 6.45) is 0. The van der Waals surface area contributed by atoms with Crippen LogP contribution in [0, 0.1) is 0 Å². The van der Waals surface area contributed by atoms with Crippen LogP contribution in [-0.2, 0) is 4.79 Å². The average Bonchev–Trinajstić information content (AvgIpc) is 2.44. The normalized spacial score (nSPS) is 12.2. The van der Waals surface area contributed by atoms with Gasteiger partial charge in [0.15, 0.2) is 0 Å². The van der Waals surface area contributed by atoms with Crippen LogP contribution < -0.4 is 4.74 Å². The van der Waals surface area contributed by atoms with Crippen molar-refractivity contribution in [1.82, 2.24) is 0 Å². The molecule has 0 spiro atoms. The van der Waals surface area contributed by atoms with Crippen molar-refractivity contribution < 1.29 is 19.0 Å². The fraction of sp³-hybridized carbons (Fsp3) is 0.133. The highest BCUT2D eigenvalue weighted by molar-refractivity contribution is 5.95. The van der Waals surface area contributed by atoms with Crippen LogP contribution in [0.1, 0.15) is 12.5 Å². The minimum Gasteiger partial charge on any atom is -0.497 e. The molecule has 0 saturated heterocycles. The molecule has 0 aromatic heterocycles. The van der Waals surface area contributed by atoms with E-state index in [1.54, 1.807) is 25.3 Å². The van der Waals surface area contributed by atoms with Gasteiger partial charge in [-0.25, -0.2) is 4.79 Å². The summed E-state index contributed by atoms with van der Waals surface area (Å²) in [6, 6.07) is 10.8. The number of aliphatic carboxylic acids is 1. The van der Waals surface area contributed by atoms with Gasteiger partial charge in [-0.15, -0.1) is 0 Å². The van der Waals surface area contributed by atoms with Gasteiger partial charge in [-0.05, 0) is 47.0 Å². The number of carboxylic acids is 1. The third kappa shape index (κ3) is 2.57. The number of allylic oxidation sites excluding steroid dienone is 1. The second-order valence-corrected chi connectivity index (χ2v) is 4.17. The third-order valence-corrected chi connectivity index (χ3v) is 3.00. The van der Waals surface area contributed by atoms with Crippen molar-refractivity contribution in [2.75, 3.05) is 7.11 Å². The van der Waals surface area contributed by atoms with Crippen molar-refractivity contribution in [3.63, 3.8) is 0 Å². The van der Waals surface area contributed by atoms with Crippen LogP contribution in [0.4, 0.5) is 4.39 Å². The maximum atomic E-state index is 13.4. The Morgan fingerprint density at radius 1 is 1.16 bits per heavy atom. The molecule has 2 aromatic rings. The van der Waals surface area contributed by atoms with Crippen LogP contribution >= 0.6 is 0 Å². The molecule has 0 amide bonds. The van der Waals surface area contributed by atoms with Gasteiger partial charge in [0.1, 0.15) is 5.75 Å². The molecule has 2 rings (SSSR count). The Morgan fingerprint density at radius 2 is 1.79 bits per heavy atom. The van der Waals surface area contributed by atoms with Crippen LogP contribution in [0.2, 0.25) is 0 Å². The highest BCUT2D eigenvalue weighted by atomic mass is 19.1. The molecular formula is C15H13FO3. The molecule has 4 heteroatoms. The van der Waals surface area contributed by atoms with E-state index >= 15 is 0 Å². The largest absolute Gasteiger partial charge is 0.497 e. The number of fused-ring (bicyclic) bond motifs is 1. The number of methoxy groups -OCH3 is 1. The van der Waals surface area contributed by atoms with Gasteiger partial charge >= 0.3 is 5.97 Å². The molecule has 0 aliphatic rings. The second kappa shape index (κ2) is 5.10. The molecule has 0 fully saturated rings. The molecule has 0 atom stereocenters. The summed E-state index contributed by atoms with van der Waals surface area (Å²) in [5.41, 5.74) is 0.669. The Labute approximate surface area is 109 Å². The quantitative estimate of drug-likeness (QED) is 0.857. The highest BCUT2D eigenvalue weighted by Crippen LogP contribution is 2.26. The lowest BCUT2D eigenvalue weighted by Crippen LogP contribution is -1.97. The zero-order chi connectivity index (χ0) is 14.0. The Hall–Kier alpha value is -2.36. The van der Waals surface area contributed by atoms with Gasteiger partial charge in [-0.1, -0.05) is 18.2 Å². The van der Waals surface area contributed by atoms with E-state index < -0.39 is 11.8 Å². The van der Waals surface area contributed by atoms with E-state index in [-0.39, 0.29) is 5.57 Å². The van der Waals surface area contributed by atoms with Crippen molar-refractivity contribution in [2.45, 2.75) is 6.92 Å². The maximum Gasteiger partial charge on any atom is 0.365 e. The first-order chi connectivity index (χ1) is 9.02. The smallest absolute Gasteiger partial charge is 0.365 e. The summed E-state index contributed by atoms with van der Waals surface area (Å²) in [5.74, 6) is -1.94. The van der Waals surface area contributed by atoms with E-state index in [1.807, 2.05) is 18.2 Å². The fourth-order valence-electron chi connectivity index (χ4n) is 1.87. The lowest BCUT2D eigenvalue weighted by atomic mass is 10.0. The summed E-state index contributed by atoms with van der Waals surface area (Å²) in [5, 5.41) is 10.5. The molecule has 0 aliphatic carbocycles. The van der Waals surface area contributed by atoms with Gasteiger partial charge in [0.25, 0.3) is 0 Å². The van der Waals surface area contributed by atoms with Crippen molar-refractivity contribution in [2.24, 2.45) is 0 Å².